The second-order valence-electron chi connectivity index (χ2n) is 7.37. The van der Waals surface area contributed by atoms with Crippen LogP contribution >= 0.6 is 0 Å². The summed E-state index contributed by atoms with van der Waals surface area (Å²) in [6.07, 6.45) is 2.45. The Balaban J connectivity index is 1.50. The molecule has 2 aromatic carbocycles. The Bertz CT molecular complexity index is 989. The van der Waals surface area contributed by atoms with Crippen LogP contribution in [-0.2, 0) is 9.59 Å². The molecular formula is C22H21N2O6-. The molecule has 8 heteroatoms. The molecule has 2 amide bonds. The van der Waals surface area contributed by atoms with Crippen molar-refractivity contribution in [1.29, 1.82) is 0 Å². The predicted octanol–water partition coefficient (Wildman–Crippen LogP) is 2.16. The number of carbonyl (C=O) groups is 3. The molecule has 1 aliphatic carbocycles. The van der Waals surface area contributed by atoms with Gasteiger partial charge in [0.15, 0.2) is 11.5 Å². The minimum Gasteiger partial charge on any atom is -0.550 e. The molecule has 0 bridgehead atoms. The van der Waals surface area contributed by atoms with E-state index in [-0.39, 0.29) is 12.4 Å². The number of aliphatic carboxylic acids is 1. The minimum absolute atomic E-state index is 0.135. The first-order chi connectivity index (χ1) is 14.5. The quantitative estimate of drug-likeness (QED) is 0.782. The van der Waals surface area contributed by atoms with Crippen LogP contribution in [0.3, 0.4) is 0 Å². The Morgan fingerprint density at radius 3 is 2.43 bits per heavy atom. The van der Waals surface area contributed by atoms with Gasteiger partial charge in [-0.05, 0) is 37.1 Å². The lowest BCUT2D eigenvalue weighted by atomic mass is 9.78. The zero-order valence-corrected chi connectivity index (χ0v) is 16.2. The molecule has 8 nitrogen and oxygen atoms in total. The molecule has 2 aromatic rings. The third kappa shape index (κ3) is 4.07. The highest BCUT2D eigenvalue weighted by atomic mass is 16.7. The predicted molar refractivity (Wildman–Crippen MR) is 106 cm³/mol. The highest BCUT2D eigenvalue weighted by Crippen LogP contribution is 2.35. The van der Waals surface area contributed by atoms with Gasteiger partial charge in [-0.25, -0.2) is 0 Å². The summed E-state index contributed by atoms with van der Waals surface area (Å²) >= 11 is 0. The van der Waals surface area contributed by atoms with Crippen LogP contribution in [0.5, 0.6) is 11.5 Å². The van der Waals surface area contributed by atoms with E-state index in [4.69, 9.17) is 9.47 Å². The number of carbonyl (C=O) groups excluding carboxylic acids is 3. The molecule has 1 heterocycles. The molecule has 0 aromatic heterocycles. The first-order valence-electron chi connectivity index (χ1n) is 9.84. The lowest BCUT2D eigenvalue weighted by molar-refractivity contribution is -0.313. The lowest BCUT2D eigenvalue weighted by Crippen LogP contribution is -2.42. The third-order valence-electron chi connectivity index (χ3n) is 5.47. The molecule has 156 valence electrons. The molecule has 1 saturated carbocycles. The maximum atomic E-state index is 12.8. The van der Waals surface area contributed by atoms with Gasteiger partial charge in [-0.1, -0.05) is 25.0 Å². The summed E-state index contributed by atoms with van der Waals surface area (Å²) in [7, 11) is 0. The Kier molecular flexibility index (Phi) is 5.56. The monoisotopic (exact) mass is 409 g/mol. The Hall–Kier alpha value is -3.55. The maximum Gasteiger partial charge on any atom is 0.257 e. The van der Waals surface area contributed by atoms with E-state index in [9.17, 15) is 19.5 Å². The third-order valence-corrected chi connectivity index (χ3v) is 5.47. The van der Waals surface area contributed by atoms with E-state index in [0.29, 0.717) is 35.7 Å². The summed E-state index contributed by atoms with van der Waals surface area (Å²) in [6.45, 7) is 0.135. The first-order valence-corrected chi connectivity index (χ1v) is 9.84. The summed E-state index contributed by atoms with van der Waals surface area (Å²) in [5, 5.41) is 16.9. The number of benzene rings is 2. The Morgan fingerprint density at radius 1 is 0.900 bits per heavy atom. The van der Waals surface area contributed by atoms with Gasteiger partial charge in [0.05, 0.1) is 11.3 Å². The normalized spacial score (nSPS) is 19.7. The number of anilines is 2. The van der Waals surface area contributed by atoms with E-state index in [1.165, 1.54) is 0 Å². The summed E-state index contributed by atoms with van der Waals surface area (Å²) in [4.78, 5) is 37.0. The van der Waals surface area contributed by atoms with Crippen molar-refractivity contribution in [3.05, 3.63) is 48.0 Å². The fraction of sp³-hybridized carbons (Fsp3) is 0.318. The van der Waals surface area contributed by atoms with E-state index >= 15 is 0 Å². The van der Waals surface area contributed by atoms with Gasteiger partial charge < -0.3 is 30.0 Å². The average molecular weight is 409 g/mol. The Labute approximate surface area is 173 Å². The second kappa shape index (κ2) is 8.44. The molecule has 4 rings (SSSR count). The van der Waals surface area contributed by atoms with Gasteiger partial charge in [0, 0.05) is 29.6 Å². The van der Waals surface area contributed by atoms with Crippen molar-refractivity contribution >= 4 is 29.2 Å². The van der Waals surface area contributed by atoms with Gasteiger partial charge in [-0.3, -0.25) is 9.59 Å². The van der Waals surface area contributed by atoms with Crippen molar-refractivity contribution in [3.8, 4) is 11.5 Å². The van der Waals surface area contributed by atoms with Crippen LogP contribution in [0.15, 0.2) is 42.5 Å². The zero-order chi connectivity index (χ0) is 21.1. The van der Waals surface area contributed by atoms with Gasteiger partial charge in [0.25, 0.3) is 5.91 Å². The lowest BCUT2D eigenvalue weighted by Gasteiger charge is -2.31. The van der Waals surface area contributed by atoms with Crippen LogP contribution in [0.25, 0.3) is 0 Å². The number of ether oxygens (including phenoxy) is 2. The average Bonchev–Trinajstić information content (AvgIpc) is 3.22. The maximum absolute atomic E-state index is 12.8. The number of amides is 2. The van der Waals surface area contributed by atoms with Gasteiger partial charge in [0.1, 0.15) is 0 Å². The molecule has 2 aliphatic rings. The van der Waals surface area contributed by atoms with Crippen molar-refractivity contribution in [2.45, 2.75) is 25.7 Å². The number of rotatable bonds is 5. The molecule has 2 atom stereocenters. The number of carboxylic acid groups (broad SMARTS) is 1. The second-order valence-corrected chi connectivity index (χ2v) is 7.37. The number of nitrogens with one attached hydrogen (secondary N) is 2. The molecule has 0 spiro atoms. The highest BCUT2D eigenvalue weighted by molar-refractivity contribution is 6.10. The van der Waals surface area contributed by atoms with Crippen molar-refractivity contribution in [1.82, 2.24) is 0 Å². The number of para-hydroxylation sites is 1. The summed E-state index contributed by atoms with van der Waals surface area (Å²) < 4.78 is 10.6. The van der Waals surface area contributed by atoms with E-state index in [2.05, 4.69) is 10.6 Å². The number of hydrogen-bond acceptors (Lipinski definition) is 6. The van der Waals surface area contributed by atoms with Gasteiger partial charge in [-0.15, -0.1) is 0 Å². The van der Waals surface area contributed by atoms with Crippen molar-refractivity contribution < 1.29 is 29.0 Å². The van der Waals surface area contributed by atoms with Crippen LogP contribution in [0.4, 0.5) is 11.4 Å². The number of hydrogen-bond donors (Lipinski definition) is 2. The molecule has 1 fully saturated rings. The van der Waals surface area contributed by atoms with Crippen molar-refractivity contribution in [3.63, 3.8) is 0 Å². The minimum atomic E-state index is -1.20. The Morgan fingerprint density at radius 2 is 1.63 bits per heavy atom. The van der Waals surface area contributed by atoms with E-state index in [0.717, 1.165) is 12.8 Å². The SMILES string of the molecule is O=C(Nc1ccc2c(c1)OCO2)c1ccccc1NC(=O)[C@@H]1CCCC[C@H]1C(=O)[O-]. The molecule has 0 radical (unpaired) electrons. The standard InChI is InChI=1S/C22H22N2O6/c25-20(14-5-1-2-6-15(14)22(27)28)24-17-8-4-3-7-16(17)21(26)23-13-9-10-18-19(11-13)30-12-29-18/h3-4,7-11,14-15H,1-2,5-6,12H2,(H,23,26)(H,24,25)(H,27,28)/p-1/t14-,15-/m1/s1. The first kappa shape index (κ1) is 19.8. The molecule has 0 unspecified atom stereocenters. The van der Waals surface area contributed by atoms with E-state index in [1.807, 2.05) is 0 Å². The van der Waals surface area contributed by atoms with Gasteiger partial charge in [0.2, 0.25) is 12.7 Å². The van der Waals surface area contributed by atoms with E-state index < -0.39 is 29.6 Å². The summed E-state index contributed by atoms with van der Waals surface area (Å²) in [6, 6.07) is 11.7. The molecule has 2 N–H and O–H groups in total. The zero-order valence-electron chi connectivity index (χ0n) is 16.2. The van der Waals surface area contributed by atoms with Crippen LogP contribution in [0.2, 0.25) is 0 Å². The van der Waals surface area contributed by atoms with Gasteiger partial charge >= 0.3 is 0 Å². The van der Waals surface area contributed by atoms with Crippen LogP contribution in [0.1, 0.15) is 36.0 Å². The summed E-state index contributed by atoms with van der Waals surface area (Å²) in [5.41, 5.74) is 1.11. The van der Waals surface area contributed by atoms with Crippen molar-refractivity contribution in [2.24, 2.45) is 11.8 Å². The molecule has 0 saturated heterocycles. The van der Waals surface area contributed by atoms with Crippen LogP contribution < -0.4 is 25.2 Å². The highest BCUT2D eigenvalue weighted by Gasteiger charge is 2.32. The smallest absolute Gasteiger partial charge is 0.257 e. The fourth-order valence-electron chi connectivity index (χ4n) is 3.92. The molecule has 1 aliphatic heterocycles. The fourth-order valence-corrected chi connectivity index (χ4v) is 3.92. The number of fused-ring (bicyclic) bond motifs is 1. The van der Waals surface area contributed by atoms with Gasteiger partial charge in [-0.2, -0.15) is 0 Å². The van der Waals surface area contributed by atoms with E-state index in [1.54, 1.807) is 42.5 Å². The molecular weight excluding hydrogens is 388 g/mol. The van der Waals surface area contributed by atoms with Crippen LogP contribution in [-0.4, -0.2) is 24.6 Å². The summed E-state index contributed by atoms with van der Waals surface area (Å²) in [5.74, 6) is -2.36. The van der Waals surface area contributed by atoms with Crippen molar-refractivity contribution in [2.75, 3.05) is 17.4 Å². The van der Waals surface area contributed by atoms with Crippen LogP contribution in [0, 0.1) is 11.8 Å². The largest absolute Gasteiger partial charge is 0.550 e. The topological polar surface area (TPSA) is 117 Å². The number of carboxylic acids is 1. The molecule has 30 heavy (non-hydrogen) atoms.